The minimum Gasteiger partial charge on any atom is -0.352 e. The van der Waals surface area contributed by atoms with Crippen molar-refractivity contribution in [3.8, 4) is 0 Å². The van der Waals surface area contributed by atoms with Crippen LogP contribution in [0.2, 0.25) is 0 Å². The van der Waals surface area contributed by atoms with E-state index in [9.17, 15) is 18.0 Å². The normalized spacial score (nSPS) is 12.3. The molecule has 0 aromatic heterocycles. The second-order valence-corrected chi connectivity index (χ2v) is 12.1. The summed E-state index contributed by atoms with van der Waals surface area (Å²) in [7, 11) is -3.53. The summed E-state index contributed by atoms with van der Waals surface area (Å²) in [6.07, 6.45) is 1.61. The van der Waals surface area contributed by atoms with E-state index in [0.717, 1.165) is 21.2 Å². The number of halogens is 1. The smallest absolute Gasteiger partial charge is 0.242 e. The van der Waals surface area contributed by atoms with E-state index in [1.165, 1.54) is 10.6 Å². The molecule has 9 heteroatoms. The third-order valence-electron chi connectivity index (χ3n) is 5.49. The van der Waals surface area contributed by atoms with Gasteiger partial charge >= 0.3 is 0 Å². The van der Waals surface area contributed by atoms with Gasteiger partial charge in [0.1, 0.15) is 6.04 Å². The highest BCUT2D eigenvalue weighted by Gasteiger charge is 2.27. The van der Waals surface area contributed by atoms with Crippen molar-refractivity contribution in [2.45, 2.75) is 66.1 Å². The Morgan fingerprint density at radius 3 is 2.20 bits per heavy atom. The highest BCUT2D eigenvalue weighted by Crippen LogP contribution is 2.22. The molecule has 0 heterocycles. The van der Waals surface area contributed by atoms with Gasteiger partial charge in [0.2, 0.25) is 21.8 Å². The van der Waals surface area contributed by atoms with E-state index in [1.807, 2.05) is 70.2 Å². The summed E-state index contributed by atoms with van der Waals surface area (Å²) < 4.78 is 27.3. The summed E-state index contributed by atoms with van der Waals surface area (Å²) in [4.78, 5) is 27.6. The zero-order chi connectivity index (χ0) is 26.3. The molecule has 0 saturated heterocycles. The van der Waals surface area contributed by atoms with Crippen LogP contribution in [0.3, 0.4) is 0 Å². The number of carbonyl (C=O) groups is 2. The molecular weight excluding hydrogens is 530 g/mol. The lowest BCUT2D eigenvalue weighted by molar-refractivity contribution is -0.140. The molecule has 7 nitrogen and oxygen atoms in total. The van der Waals surface area contributed by atoms with Crippen LogP contribution in [-0.2, 0) is 26.2 Å². The summed E-state index contributed by atoms with van der Waals surface area (Å²) in [5.74, 6) is -0.429. The molecule has 0 unspecified atom stereocenters. The fraction of sp³-hybridized carbons (Fsp3) is 0.462. The van der Waals surface area contributed by atoms with E-state index in [4.69, 9.17) is 0 Å². The van der Waals surface area contributed by atoms with Gasteiger partial charge in [-0.3, -0.25) is 13.9 Å². The zero-order valence-corrected chi connectivity index (χ0v) is 23.7. The van der Waals surface area contributed by atoms with E-state index in [2.05, 4.69) is 21.2 Å². The third kappa shape index (κ3) is 8.96. The second kappa shape index (κ2) is 12.5. The molecule has 0 radical (unpaired) electrons. The fourth-order valence-corrected chi connectivity index (χ4v) is 5.31. The second-order valence-electron chi connectivity index (χ2n) is 9.28. The number of rotatable bonds is 11. The van der Waals surface area contributed by atoms with E-state index < -0.39 is 16.1 Å². The molecule has 2 rings (SSSR count). The molecule has 2 amide bonds. The highest BCUT2D eigenvalue weighted by atomic mass is 79.9. The summed E-state index contributed by atoms with van der Waals surface area (Å²) in [5, 5.41) is 2.87. The van der Waals surface area contributed by atoms with Crippen LogP contribution < -0.4 is 9.62 Å². The van der Waals surface area contributed by atoms with Gasteiger partial charge in [-0.1, -0.05) is 34.1 Å². The van der Waals surface area contributed by atoms with Crippen LogP contribution in [-0.4, -0.2) is 50.0 Å². The summed E-state index contributed by atoms with van der Waals surface area (Å²) in [5.41, 5.74) is 3.42. The van der Waals surface area contributed by atoms with Gasteiger partial charge in [0.05, 0.1) is 11.9 Å². The van der Waals surface area contributed by atoms with E-state index in [0.29, 0.717) is 12.1 Å². The summed E-state index contributed by atoms with van der Waals surface area (Å²) >= 11 is 3.45. The molecule has 2 aromatic carbocycles. The molecule has 35 heavy (non-hydrogen) atoms. The van der Waals surface area contributed by atoms with Gasteiger partial charge in [-0.15, -0.1) is 0 Å². The first-order valence-corrected chi connectivity index (χ1v) is 14.3. The molecular formula is C26H36BrN3O4S. The van der Waals surface area contributed by atoms with Gasteiger partial charge in [-0.25, -0.2) is 8.42 Å². The van der Waals surface area contributed by atoms with Crippen molar-refractivity contribution in [2.75, 3.05) is 17.1 Å². The Bertz CT molecular complexity index is 1130. The van der Waals surface area contributed by atoms with E-state index in [1.54, 1.807) is 11.8 Å². The van der Waals surface area contributed by atoms with Gasteiger partial charge < -0.3 is 10.2 Å². The van der Waals surface area contributed by atoms with E-state index in [-0.39, 0.29) is 37.4 Å². The Balaban J connectivity index is 2.20. The Hall–Kier alpha value is -2.39. The molecule has 0 saturated carbocycles. The summed E-state index contributed by atoms with van der Waals surface area (Å²) in [6, 6.07) is 12.5. The first kappa shape index (κ1) is 28.8. The molecule has 0 aliphatic carbocycles. The standard InChI is InChI=1S/C26H36BrN3O4S/c1-18(2)28-26(32)21(5)29(17-22-9-7-10-23(27)16-22)25(31)11-8-12-30(35(6,33)34)24-14-19(3)13-20(4)15-24/h7,9-10,13-16,18,21H,8,11-12,17H2,1-6H3,(H,28,32)/t21-/m1/s1. The maximum Gasteiger partial charge on any atom is 0.242 e. The van der Waals surface area contributed by atoms with Crippen molar-refractivity contribution < 1.29 is 18.0 Å². The van der Waals surface area contributed by atoms with Crippen molar-refractivity contribution in [3.05, 3.63) is 63.6 Å². The number of hydrogen-bond donors (Lipinski definition) is 1. The average molecular weight is 567 g/mol. The van der Waals surface area contributed by atoms with Crippen molar-refractivity contribution in [1.82, 2.24) is 10.2 Å². The number of sulfonamides is 1. The maximum absolute atomic E-state index is 13.3. The number of carbonyl (C=O) groups excluding carboxylic acids is 2. The predicted octanol–water partition coefficient (Wildman–Crippen LogP) is 4.55. The topological polar surface area (TPSA) is 86.8 Å². The molecule has 1 N–H and O–H groups in total. The van der Waals surface area contributed by atoms with Crippen molar-refractivity contribution >= 4 is 43.5 Å². The zero-order valence-electron chi connectivity index (χ0n) is 21.3. The van der Waals surface area contributed by atoms with Crippen LogP contribution in [0.15, 0.2) is 46.9 Å². The fourth-order valence-electron chi connectivity index (χ4n) is 3.92. The maximum atomic E-state index is 13.3. The van der Waals surface area contributed by atoms with Crippen LogP contribution in [0.4, 0.5) is 5.69 Å². The lowest BCUT2D eigenvalue weighted by Crippen LogP contribution is -2.49. The number of nitrogens with one attached hydrogen (secondary N) is 1. The lowest BCUT2D eigenvalue weighted by Gasteiger charge is -2.30. The van der Waals surface area contributed by atoms with Crippen LogP contribution in [0.1, 0.15) is 50.3 Å². The molecule has 1 atom stereocenters. The van der Waals surface area contributed by atoms with Gasteiger partial charge in [0, 0.05) is 30.0 Å². The number of nitrogens with zero attached hydrogens (tertiary/aromatic N) is 2. The van der Waals surface area contributed by atoms with Gasteiger partial charge in [-0.05, 0) is 82.0 Å². The number of benzene rings is 2. The number of hydrogen-bond acceptors (Lipinski definition) is 4. The Morgan fingerprint density at radius 2 is 1.66 bits per heavy atom. The third-order valence-corrected chi connectivity index (χ3v) is 7.17. The van der Waals surface area contributed by atoms with Gasteiger partial charge in [0.15, 0.2) is 0 Å². The Kier molecular flexibility index (Phi) is 10.3. The first-order valence-electron chi connectivity index (χ1n) is 11.7. The monoisotopic (exact) mass is 565 g/mol. The highest BCUT2D eigenvalue weighted by molar-refractivity contribution is 9.10. The van der Waals surface area contributed by atoms with Crippen LogP contribution in [0.5, 0.6) is 0 Å². The molecule has 0 spiro atoms. The first-order chi connectivity index (χ1) is 16.3. The van der Waals surface area contributed by atoms with Crippen molar-refractivity contribution in [3.63, 3.8) is 0 Å². The van der Waals surface area contributed by atoms with Crippen LogP contribution in [0.25, 0.3) is 0 Å². The molecule has 0 aliphatic rings. The van der Waals surface area contributed by atoms with Crippen LogP contribution in [0, 0.1) is 13.8 Å². The summed E-state index contributed by atoms with van der Waals surface area (Å²) in [6.45, 7) is 9.75. The molecule has 0 fully saturated rings. The SMILES string of the molecule is Cc1cc(C)cc(N(CCCC(=O)N(Cc2cccc(Br)c2)[C@H](C)C(=O)NC(C)C)S(C)(=O)=O)c1. The minimum absolute atomic E-state index is 0.0473. The van der Waals surface area contributed by atoms with Crippen molar-refractivity contribution in [2.24, 2.45) is 0 Å². The lowest BCUT2D eigenvalue weighted by atomic mass is 10.1. The average Bonchev–Trinajstić information content (AvgIpc) is 2.72. The Morgan fingerprint density at radius 1 is 1.03 bits per heavy atom. The minimum atomic E-state index is -3.53. The molecule has 0 bridgehead atoms. The van der Waals surface area contributed by atoms with Gasteiger partial charge in [0.25, 0.3) is 0 Å². The largest absolute Gasteiger partial charge is 0.352 e. The Labute approximate surface area is 218 Å². The van der Waals surface area contributed by atoms with E-state index >= 15 is 0 Å². The molecule has 2 aromatic rings. The number of aryl methyl sites for hydroxylation is 2. The van der Waals surface area contributed by atoms with Gasteiger partial charge in [-0.2, -0.15) is 0 Å². The number of anilines is 1. The predicted molar refractivity (Wildman–Crippen MR) is 145 cm³/mol. The quantitative estimate of drug-likeness (QED) is 0.433. The van der Waals surface area contributed by atoms with Crippen molar-refractivity contribution in [1.29, 1.82) is 0 Å². The number of amides is 2. The molecule has 0 aliphatic heterocycles. The molecule has 192 valence electrons. The van der Waals surface area contributed by atoms with Crippen LogP contribution >= 0.6 is 15.9 Å².